The SMILES string of the molecule is C=C/C(OC)=C1/CCCCC1=C. The average Bonchev–Trinajstić information content (AvgIpc) is 2.10. The van der Waals surface area contributed by atoms with E-state index in [9.17, 15) is 0 Å². The molecule has 0 N–H and O–H groups in total. The Morgan fingerprint density at radius 2 is 2.08 bits per heavy atom. The van der Waals surface area contributed by atoms with Gasteiger partial charge in [0.1, 0.15) is 5.76 Å². The van der Waals surface area contributed by atoms with Crippen molar-refractivity contribution in [2.24, 2.45) is 0 Å². The van der Waals surface area contributed by atoms with Gasteiger partial charge >= 0.3 is 0 Å². The normalized spacial score (nSPS) is 21.9. The maximum absolute atomic E-state index is 5.21. The van der Waals surface area contributed by atoms with Crippen molar-refractivity contribution in [2.75, 3.05) is 7.11 Å². The van der Waals surface area contributed by atoms with Crippen LogP contribution in [0.25, 0.3) is 0 Å². The zero-order chi connectivity index (χ0) is 8.97. The number of hydrogen-bond donors (Lipinski definition) is 0. The van der Waals surface area contributed by atoms with Crippen LogP contribution in [-0.2, 0) is 4.74 Å². The van der Waals surface area contributed by atoms with Crippen molar-refractivity contribution >= 4 is 0 Å². The van der Waals surface area contributed by atoms with E-state index in [2.05, 4.69) is 13.2 Å². The summed E-state index contributed by atoms with van der Waals surface area (Å²) in [6.45, 7) is 7.74. The van der Waals surface area contributed by atoms with Gasteiger partial charge in [-0.15, -0.1) is 0 Å². The predicted molar refractivity (Wildman–Crippen MR) is 51.8 cm³/mol. The Morgan fingerprint density at radius 1 is 1.42 bits per heavy atom. The Morgan fingerprint density at radius 3 is 2.58 bits per heavy atom. The lowest BCUT2D eigenvalue weighted by atomic mass is 9.90. The van der Waals surface area contributed by atoms with E-state index in [1.807, 2.05) is 0 Å². The summed E-state index contributed by atoms with van der Waals surface area (Å²) in [5, 5.41) is 0. The summed E-state index contributed by atoms with van der Waals surface area (Å²) in [6, 6.07) is 0. The molecule has 1 nitrogen and oxygen atoms in total. The third-order valence-electron chi connectivity index (χ3n) is 2.28. The van der Waals surface area contributed by atoms with Crippen molar-refractivity contribution in [3.8, 4) is 0 Å². The van der Waals surface area contributed by atoms with Gasteiger partial charge in [0.25, 0.3) is 0 Å². The molecule has 1 heteroatoms. The molecular formula is C11H16O. The van der Waals surface area contributed by atoms with Crippen LogP contribution in [-0.4, -0.2) is 7.11 Å². The maximum atomic E-state index is 5.21. The number of methoxy groups -OCH3 is 1. The molecule has 1 aliphatic rings. The molecule has 0 amide bonds. The minimum absolute atomic E-state index is 0.903. The monoisotopic (exact) mass is 164 g/mol. The van der Waals surface area contributed by atoms with Gasteiger partial charge in [0.05, 0.1) is 7.11 Å². The van der Waals surface area contributed by atoms with E-state index < -0.39 is 0 Å². The highest BCUT2D eigenvalue weighted by Gasteiger charge is 2.13. The van der Waals surface area contributed by atoms with Gasteiger partial charge in [0, 0.05) is 0 Å². The van der Waals surface area contributed by atoms with E-state index in [0.717, 1.165) is 18.6 Å². The fraction of sp³-hybridized carbons (Fsp3) is 0.455. The van der Waals surface area contributed by atoms with Crippen LogP contribution in [0, 0.1) is 0 Å². The second-order valence-electron chi connectivity index (χ2n) is 3.06. The summed E-state index contributed by atoms with van der Waals surface area (Å²) in [5.74, 6) is 0.903. The van der Waals surface area contributed by atoms with E-state index in [-0.39, 0.29) is 0 Å². The van der Waals surface area contributed by atoms with E-state index >= 15 is 0 Å². The first-order chi connectivity index (χ1) is 5.79. The van der Waals surface area contributed by atoms with Crippen LogP contribution in [0.4, 0.5) is 0 Å². The molecular weight excluding hydrogens is 148 g/mol. The van der Waals surface area contributed by atoms with Crippen LogP contribution in [0.15, 0.2) is 36.1 Å². The van der Waals surface area contributed by atoms with Crippen LogP contribution < -0.4 is 0 Å². The van der Waals surface area contributed by atoms with Crippen LogP contribution in [0.3, 0.4) is 0 Å². The van der Waals surface area contributed by atoms with Crippen molar-refractivity contribution in [1.29, 1.82) is 0 Å². The Labute approximate surface area is 74.4 Å². The molecule has 1 rings (SSSR count). The van der Waals surface area contributed by atoms with Gasteiger partial charge in [0.15, 0.2) is 0 Å². The number of hydrogen-bond acceptors (Lipinski definition) is 1. The van der Waals surface area contributed by atoms with Gasteiger partial charge < -0.3 is 4.74 Å². The molecule has 0 aromatic heterocycles. The molecule has 1 saturated carbocycles. The van der Waals surface area contributed by atoms with Gasteiger partial charge in [0.2, 0.25) is 0 Å². The van der Waals surface area contributed by atoms with Crippen molar-refractivity contribution < 1.29 is 4.74 Å². The zero-order valence-electron chi connectivity index (χ0n) is 7.73. The zero-order valence-corrected chi connectivity index (χ0v) is 7.73. The van der Waals surface area contributed by atoms with E-state index in [1.54, 1.807) is 13.2 Å². The molecule has 0 aromatic rings. The Balaban J connectivity index is 2.87. The van der Waals surface area contributed by atoms with Crippen LogP contribution in [0.2, 0.25) is 0 Å². The largest absolute Gasteiger partial charge is 0.496 e. The van der Waals surface area contributed by atoms with Crippen molar-refractivity contribution in [3.63, 3.8) is 0 Å². The van der Waals surface area contributed by atoms with Crippen LogP contribution in [0.5, 0.6) is 0 Å². The average molecular weight is 164 g/mol. The van der Waals surface area contributed by atoms with E-state index in [1.165, 1.54) is 24.0 Å². The fourth-order valence-corrected chi connectivity index (χ4v) is 1.59. The second kappa shape index (κ2) is 4.15. The smallest absolute Gasteiger partial charge is 0.121 e. The molecule has 0 bridgehead atoms. The second-order valence-corrected chi connectivity index (χ2v) is 3.06. The fourth-order valence-electron chi connectivity index (χ4n) is 1.59. The van der Waals surface area contributed by atoms with Gasteiger partial charge in [-0.2, -0.15) is 0 Å². The summed E-state index contributed by atoms with van der Waals surface area (Å²) in [6.07, 6.45) is 6.47. The predicted octanol–water partition coefficient (Wildman–Crippen LogP) is 3.20. The van der Waals surface area contributed by atoms with Gasteiger partial charge in [-0.1, -0.05) is 13.2 Å². The maximum Gasteiger partial charge on any atom is 0.121 e. The highest BCUT2D eigenvalue weighted by atomic mass is 16.5. The first-order valence-corrected chi connectivity index (χ1v) is 4.37. The highest BCUT2D eigenvalue weighted by molar-refractivity contribution is 5.36. The lowest BCUT2D eigenvalue weighted by molar-refractivity contribution is 0.300. The first-order valence-electron chi connectivity index (χ1n) is 4.37. The third kappa shape index (κ3) is 1.79. The van der Waals surface area contributed by atoms with Crippen molar-refractivity contribution in [3.05, 3.63) is 36.1 Å². The quantitative estimate of drug-likeness (QED) is 0.569. The molecule has 0 radical (unpaired) electrons. The summed E-state index contributed by atoms with van der Waals surface area (Å²) in [7, 11) is 1.69. The first kappa shape index (κ1) is 9.11. The number of allylic oxidation sites excluding steroid dienone is 3. The van der Waals surface area contributed by atoms with Crippen LogP contribution in [0.1, 0.15) is 25.7 Å². The summed E-state index contributed by atoms with van der Waals surface area (Å²) in [4.78, 5) is 0. The summed E-state index contributed by atoms with van der Waals surface area (Å²) < 4.78 is 5.21. The molecule has 0 heterocycles. The standard InChI is InChI=1S/C11H16O/c1-4-11(12-3)10-8-6-5-7-9(10)2/h4H,1-2,5-8H2,3H3/b11-10+. The minimum atomic E-state index is 0.903. The Hall–Kier alpha value is -0.980. The molecule has 0 unspecified atom stereocenters. The molecule has 12 heavy (non-hydrogen) atoms. The summed E-state index contributed by atoms with van der Waals surface area (Å²) >= 11 is 0. The summed E-state index contributed by atoms with van der Waals surface area (Å²) in [5.41, 5.74) is 2.48. The molecule has 66 valence electrons. The number of rotatable bonds is 2. The lowest BCUT2D eigenvalue weighted by Gasteiger charge is -2.18. The lowest BCUT2D eigenvalue weighted by Crippen LogP contribution is -2.01. The van der Waals surface area contributed by atoms with Gasteiger partial charge in [-0.25, -0.2) is 0 Å². The Kier molecular flexibility index (Phi) is 3.15. The molecule has 0 saturated heterocycles. The molecule has 1 aliphatic carbocycles. The van der Waals surface area contributed by atoms with E-state index in [0.29, 0.717) is 0 Å². The van der Waals surface area contributed by atoms with Crippen molar-refractivity contribution in [1.82, 2.24) is 0 Å². The van der Waals surface area contributed by atoms with Crippen molar-refractivity contribution in [2.45, 2.75) is 25.7 Å². The minimum Gasteiger partial charge on any atom is -0.496 e. The molecule has 0 atom stereocenters. The highest BCUT2D eigenvalue weighted by Crippen LogP contribution is 2.30. The third-order valence-corrected chi connectivity index (χ3v) is 2.28. The Bertz CT molecular complexity index is 223. The molecule has 0 spiro atoms. The van der Waals surface area contributed by atoms with Crippen LogP contribution >= 0.6 is 0 Å². The molecule has 0 aromatic carbocycles. The molecule has 1 fully saturated rings. The van der Waals surface area contributed by atoms with E-state index in [4.69, 9.17) is 4.74 Å². The number of ether oxygens (including phenoxy) is 1. The van der Waals surface area contributed by atoms with Gasteiger partial charge in [-0.05, 0) is 42.9 Å². The van der Waals surface area contributed by atoms with Gasteiger partial charge in [-0.3, -0.25) is 0 Å². The topological polar surface area (TPSA) is 9.23 Å². The molecule has 0 aliphatic heterocycles.